The average molecular weight is 437 g/mol. The molecular formula is C27H20N2O2S. The number of fused-ring (bicyclic) bond motifs is 1. The fourth-order valence-electron chi connectivity index (χ4n) is 3.63. The normalized spacial score (nSPS) is 10.9. The van der Waals surface area contributed by atoms with Crippen LogP contribution in [0.15, 0.2) is 106 Å². The molecule has 5 heteroatoms. The molecule has 1 N–H and O–H groups in total. The van der Waals surface area contributed by atoms with E-state index < -0.39 is 0 Å². The van der Waals surface area contributed by atoms with E-state index >= 15 is 0 Å². The number of oxazole rings is 1. The van der Waals surface area contributed by atoms with Crippen molar-refractivity contribution in [3.63, 3.8) is 0 Å². The maximum absolute atomic E-state index is 13.2. The van der Waals surface area contributed by atoms with Gasteiger partial charge in [0.05, 0.1) is 0 Å². The molecule has 1 amide bonds. The van der Waals surface area contributed by atoms with Crippen LogP contribution in [0.2, 0.25) is 0 Å². The van der Waals surface area contributed by atoms with Crippen LogP contribution in [0.25, 0.3) is 33.7 Å². The first-order valence-electron chi connectivity index (χ1n) is 10.2. The molecule has 0 saturated heterocycles. The van der Waals surface area contributed by atoms with Crippen molar-refractivity contribution >= 4 is 34.5 Å². The summed E-state index contributed by atoms with van der Waals surface area (Å²) in [6.07, 6.45) is 2.03. The number of hydrogen-bond donors (Lipinski definition) is 1. The van der Waals surface area contributed by atoms with Gasteiger partial charge in [-0.3, -0.25) is 4.79 Å². The third-order valence-corrected chi connectivity index (χ3v) is 5.94. The van der Waals surface area contributed by atoms with Crippen molar-refractivity contribution < 1.29 is 9.21 Å². The van der Waals surface area contributed by atoms with Crippen LogP contribution in [0.1, 0.15) is 10.4 Å². The van der Waals surface area contributed by atoms with Crippen molar-refractivity contribution in [3.05, 3.63) is 103 Å². The number of thioether (sulfide) groups is 1. The van der Waals surface area contributed by atoms with Gasteiger partial charge in [0.25, 0.3) is 5.91 Å². The Morgan fingerprint density at radius 1 is 0.844 bits per heavy atom. The van der Waals surface area contributed by atoms with E-state index in [0.717, 1.165) is 32.7 Å². The Bertz CT molecular complexity index is 1380. The SMILES string of the molecule is CSc1ccc(C(=O)Nc2cccc(-c3nc4ccccc4o3)c2)c(-c2ccccc2)c1. The zero-order valence-electron chi connectivity index (χ0n) is 17.4. The predicted octanol–water partition coefficient (Wildman–Crippen LogP) is 7.14. The average Bonchev–Trinajstić information content (AvgIpc) is 3.29. The molecule has 4 aromatic carbocycles. The Morgan fingerprint density at radius 3 is 2.44 bits per heavy atom. The number of amides is 1. The van der Waals surface area contributed by atoms with Gasteiger partial charge in [-0.1, -0.05) is 48.5 Å². The summed E-state index contributed by atoms with van der Waals surface area (Å²) in [5.41, 5.74) is 5.57. The zero-order valence-corrected chi connectivity index (χ0v) is 18.2. The molecule has 1 heterocycles. The lowest BCUT2D eigenvalue weighted by Gasteiger charge is -2.12. The molecule has 0 fully saturated rings. The van der Waals surface area contributed by atoms with Gasteiger partial charge >= 0.3 is 0 Å². The van der Waals surface area contributed by atoms with Gasteiger partial charge in [-0.05, 0) is 65.9 Å². The molecule has 0 aliphatic rings. The molecule has 5 aromatic rings. The summed E-state index contributed by atoms with van der Waals surface area (Å²) in [5, 5.41) is 3.03. The second-order valence-corrected chi connectivity index (χ2v) is 8.18. The summed E-state index contributed by atoms with van der Waals surface area (Å²) in [7, 11) is 0. The number of nitrogens with zero attached hydrogens (tertiary/aromatic N) is 1. The molecule has 0 radical (unpaired) electrons. The van der Waals surface area contributed by atoms with Gasteiger partial charge in [0.1, 0.15) is 5.52 Å². The second-order valence-electron chi connectivity index (χ2n) is 7.30. The zero-order chi connectivity index (χ0) is 21.9. The van der Waals surface area contributed by atoms with Crippen LogP contribution >= 0.6 is 11.8 Å². The third kappa shape index (κ3) is 4.03. The van der Waals surface area contributed by atoms with Gasteiger partial charge in [-0.25, -0.2) is 4.98 Å². The Labute approximate surface area is 190 Å². The number of carbonyl (C=O) groups is 1. The van der Waals surface area contributed by atoms with Gasteiger partial charge in [-0.15, -0.1) is 11.8 Å². The van der Waals surface area contributed by atoms with Gasteiger partial charge in [-0.2, -0.15) is 0 Å². The number of nitrogens with one attached hydrogen (secondary N) is 1. The highest BCUT2D eigenvalue weighted by molar-refractivity contribution is 7.98. The van der Waals surface area contributed by atoms with Gasteiger partial charge in [0.2, 0.25) is 5.89 Å². The van der Waals surface area contributed by atoms with Crippen molar-refractivity contribution in [1.29, 1.82) is 0 Å². The Kier molecular flexibility index (Phi) is 5.48. The van der Waals surface area contributed by atoms with E-state index in [9.17, 15) is 4.79 Å². The molecule has 156 valence electrons. The van der Waals surface area contributed by atoms with E-state index in [-0.39, 0.29) is 5.91 Å². The summed E-state index contributed by atoms with van der Waals surface area (Å²) in [6, 6.07) is 31.1. The van der Waals surface area contributed by atoms with Crippen LogP contribution in [-0.4, -0.2) is 17.1 Å². The smallest absolute Gasteiger partial charge is 0.256 e. The fraction of sp³-hybridized carbons (Fsp3) is 0.0370. The number of para-hydroxylation sites is 2. The van der Waals surface area contributed by atoms with Crippen LogP contribution in [-0.2, 0) is 0 Å². The Balaban J connectivity index is 1.46. The summed E-state index contributed by atoms with van der Waals surface area (Å²) in [4.78, 5) is 18.9. The number of hydrogen-bond acceptors (Lipinski definition) is 4. The number of carbonyl (C=O) groups excluding carboxylic acids is 1. The monoisotopic (exact) mass is 436 g/mol. The molecule has 0 spiro atoms. The highest BCUT2D eigenvalue weighted by Gasteiger charge is 2.15. The molecule has 0 atom stereocenters. The minimum absolute atomic E-state index is 0.161. The number of rotatable bonds is 5. The fourth-order valence-corrected chi connectivity index (χ4v) is 4.07. The van der Waals surface area contributed by atoms with Crippen molar-refractivity contribution in [2.24, 2.45) is 0 Å². The van der Waals surface area contributed by atoms with E-state index in [1.807, 2.05) is 97.3 Å². The van der Waals surface area contributed by atoms with Crippen LogP contribution in [0.5, 0.6) is 0 Å². The number of benzene rings is 4. The molecular weight excluding hydrogens is 416 g/mol. The molecule has 32 heavy (non-hydrogen) atoms. The molecule has 0 unspecified atom stereocenters. The van der Waals surface area contributed by atoms with Gasteiger partial charge in [0.15, 0.2) is 5.58 Å². The van der Waals surface area contributed by atoms with E-state index in [2.05, 4.69) is 16.4 Å². The first-order chi connectivity index (χ1) is 15.7. The van der Waals surface area contributed by atoms with Crippen LogP contribution in [0.4, 0.5) is 5.69 Å². The van der Waals surface area contributed by atoms with Crippen molar-refractivity contribution in [2.45, 2.75) is 4.90 Å². The summed E-state index contributed by atoms with van der Waals surface area (Å²) in [6.45, 7) is 0. The van der Waals surface area contributed by atoms with Crippen molar-refractivity contribution in [1.82, 2.24) is 4.98 Å². The Morgan fingerprint density at radius 2 is 1.62 bits per heavy atom. The minimum Gasteiger partial charge on any atom is -0.436 e. The maximum Gasteiger partial charge on any atom is 0.256 e. The standard InChI is InChI=1S/C27H20N2O2S/c1-32-21-14-15-22(23(17-21)18-8-3-2-4-9-18)26(30)28-20-11-7-10-19(16-20)27-29-24-12-5-6-13-25(24)31-27/h2-17H,1H3,(H,28,30). The van der Waals surface area contributed by atoms with Crippen LogP contribution < -0.4 is 5.32 Å². The van der Waals surface area contributed by atoms with E-state index in [1.165, 1.54) is 0 Å². The quantitative estimate of drug-likeness (QED) is 0.298. The molecule has 0 aliphatic heterocycles. The lowest BCUT2D eigenvalue weighted by molar-refractivity contribution is 0.102. The van der Waals surface area contributed by atoms with E-state index in [4.69, 9.17) is 4.42 Å². The molecule has 5 rings (SSSR count). The lowest BCUT2D eigenvalue weighted by atomic mass is 9.99. The molecule has 4 nitrogen and oxygen atoms in total. The topological polar surface area (TPSA) is 55.1 Å². The van der Waals surface area contributed by atoms with E-state index in [0.29, 0.717) is 17.1 Å². The van der Waals surface area contributed by atoms with Crippen LogP contribution in [0.3, 0.4) is 0 Å². The maximum atomic E-state index is 13.2. The predicted molar refractivity (Wildman–Crippen MR) is 131 cm³/mol. The highest BCUT2D eigenvalue weighted by Crippen LogP contribution is 2.30. The first kappa shape index (κ1) is 20.1. The molecule has 0 saturated carbocycles. The van der Waals surface area contributed by atoms with Crippen molar-refractivity contribution in [3.8, 4) is 22.6 Å². The van der Waals surface area contributed by atoms with Crippen molar-refractivity contribution in [2.75, 3.05) is 11.6 Å². The third-order valence-electron chi connectivity index (χ3n) is 5.22. The number of aromatic nitrogens is 1. The summed E-state index contributed by atoms with van der Waals surface area (Å²) < 4.78 is 5.88. The second kappa shape index (κ2) is 8.73. The van der Waals surface area contributed by atoms with Gasteiger partial charge in [0, 0.05) is 21.7 Å². The largest absolute Gasteiger partial charge is 0.436 e. The summed E-state index contributed by atoms with van der Waals surface area (Å²) >= 11 is 1.65. The number of anilines is 1. The molecule has 0 aliphatic carbocycles. The molecule has 0 bridgehead atoms. The highest BCUT2D eigenvalue weighted by atomic mass is 32.2. The van der Waals surface area contributed by atoms with Gasteiger partial charge < -0.3 is 9.73 Å². The van der Waals surface area contributed by atoms with Crippen LogP contribution in [0, 0.1) is 0 Å². The lowest BCUT2D eigenvalue weighted by Crippen LogP contribution is -2.13. The van der Waals surface area contributed by atoms with E-state index in [1.54, 1.807) is 11.8 Å². The minimum atomic E-state index is -0.161. The summed E-state index contributed by atoms with van der Waals surface area (Å²) in [5.74, 6) is 0.364. The Hall–Kier alpha value is -3.83. The molecule has 1 aromatic heterocycles. The first-order valence-corrected chi connectivity index (χ1v) is 11.4.